The number of carbonyl (C=O) groups is 3. The smallest absolute Gasteiger partial charge is 0.272 e. The fourth-order valence-electron chi connectivity index (χ4n) is 3.38. The summed E-state index contributed by atoms with van der Waals surface area (Å²) < 4.78 is 14.5. The van der Waals surface area contributed by atoms with Gasteiger partial charge in [-0.25, -0.2) is 4.39 Å². The summed E-state index contributed by atoms with van der Waals surface area (Å²) in [6, 6.07) is 22.7. The lowest BCUT2D eigenvalue weighted by Gasteiger charge is -2.13. The number of anilines is 2. The van der Waals surface area contributed by atoms with Crippen LogP contribution in [0.1, 0.15) is 15.9 Å². The quantitative estimate of drug-likeness (QED) is 0.172. The number of pyridine rings is 1. The van der Waals surface area contributed by atoms with Crippen molar-refractivity contribution in [3.8, 4) is 0 Å². The van der Waals surface area contributed by atoms with Crippen molar-refractivity contribution in [3.63, 3.8) is 0 Å². The number of nitrogens with zero attached hydrogens (tertiary/aromatic N) is 1. The number of halogens is 2. The van der Waals surface area contributed by atoms with E-state index in [2.05, 4.69) is 20.9 Å². The fraction of sp³-hybridized carbons (Fsp3) is 0.0345. The lowest BCUT2D eigenvalue weighted by Crippen LogP contribution is -2.30. The zero-order valence-corrected chi connectivity index (χ0v) is 21.9. The molecule has 0 fully saturated rings. The van der Waals surface area contributed by atoms with Crippen molar-refractivity contribution in [1.82, 2.24) is 10.3 Å². The summed E-state index contributed by atoms with van der Waals surface area (Å²) in [5.41, 5.74) is 1.13. The van der Waals surface area contributed by atoms with Crippen molar-refractivity contribution >= 4 is 58.5 Å². The minimum atomic E-state index is -0.684. The predicted molar refractivity (Wildman–Crippen MR) is 152 cm³/mol. The largest absolute Gasteiger partial charge is 0.325 e. The van der Waals surface area contributed by atoms with Crippen molar-refractivity contribution < 1.29 is 18.8 Å². The second-order valence-electron chi connectivity index (χ2n) is 8.07. The first kappa shape index (κ1) is 27.6. The van der Waals surface area contributed by atoms with Gasteiger partial charge in [0, 0.05) is 39.8 Å². The van der Waals surface area contributed by atoms with Crippen LogP contribution >= 0.6 is 23.4 Å². The number of hydrogen-bond donors (Lipinski definition) is 3. The van der Waals surface area contributed by atoms with Gasteiger partial charge in [0.25, 0.3) is 11.8 Å². The van der Waals surface area contributed by atoms with Crippen LogP contribution in [0.5, 0.6) is 0 Å². The van der Waals surface area contributed by atoms with Crippen LogP contribution in [0.3, 0.4) is 0 Å². The van der Waals surface area contributed by atoms with E-state index in [1.54, 1.807) is 79.1 Å². The fourth-order valence-corrected chi connectivity index (χ4v) is 4.35. The Hall–Kier alpha value is -4.47. The van der Waals surface area contributed by atoms with Crippen LogP contribution in [0.4, 0.5) is 15.8 Å². The molecule has 1 heterocycles. The zero-order chi connectivity index (χ0) is 27.6. The number of hydrogen-bond acceptors (Lipinski definition) is 5. The highest BCUT2D eigenvalue weighted by atomic mass is 35.5. The van der Waals surface area contributed by atoms with Gasteiger partial charge in [-0.1, -0.05) is 41.9 Å². The Balaban J connectivity index is 1.49. The number of amides is 3. The highest BCUT2D eigenvalue weighted by Gasteiger charge is 2.17. The third-order valence-electron chi connectivity index (χ3n) is 5.24. The maximum atomic E-state index is 14.5. The van der Waals surface area contributed by atoms with E-state index in [1.165, 1.54) is 36.0 Å². The number of aromatic nitrogens is 1. The van der Waals surface area contributed by atoms with E-state index in [0.29, 0.717) is 16.9 Å². The van der Waals surface area contributed by atoms with Crippen LogP contribution < -0.4 is 16.0 Å². The van der Waals surface area contributed by atoms with Crippen LogP contribution in [0.15, 0.2) is 108 Å². The summed E-state index contributed by atoms with van der Waals surface area (Å²) in [6.07, 6.45) is 4.36. The molecule has 7 nitrogen and oxygen atoms in total. The molecule has 0 unspecified atom stereocenters. The first-order valence-corrected chi connectivity index (χ1v) is 13.0. The molecule has 3 N–H and O–H groups in total. The van der Waals surface area contributed by atoms with Gasteiger partial charge in [-0.05, 0) is 60.7 Å². The van der Waals surface area contributed by atoms with Crippen LogP contribution in [0.25, 0.3) is 6.08 Å². The number of nitrogens with one attached hydrogen (secondary N) is 3. The van der Waals surface area contributed by atoms with Crippen LogP contribution in [-0.2, 0) is 9.59 Å². The molecule has 0 atom stereocenters. The number of benzene rings is 3. The molecule has 0 aliphatic heterocycles. The summed E-state index contributed by atoms with van der Waals surface area (Å²) in [4.78, 5) is 43.0. The highest BCUT2D eigenvalue weighted by Crippen LogP contribution is 2.24. The Bertz CT molecular complexity index is 1500. The van der Waals surface area contributed by atoms with E-state index in [-0.39, 0.29) is 27.9 Å². The van der Waals surface area contributed by atoms with E-state index < -0.39 is 17.6 Å². The molecule has 0 radical (unpaired) electrons. The molecular formula is C29H22ClFN4O3S. The number of thioether (sulfide) groups is 1. The van der Waals surface area contributed by atoms with Gasteiger partial charge in [0.15, 0.2) is 0 Å². The molecule has 3 amide bonds. The normalized spacial score (nSPS) is 11.0. The molecular weight excluding hydrogens is 539 g/mol. The van der Waals surface area contributed by atoms with E-state index >= 15 is 0 Å². The molecule has 3 aromatic carbocycles. The maximum Gasteiger partial charge on any atom is 0.272 e. The maximum absolute atomic E-state index is 14.5. The molecule has 39 heavy (non-hydrogen) atoms. The van der Waals surface area contributed by atoms with Gasteiger partial charge in [0.1, 0.15) is 11.5 Å². The van der Waals surface area contributed by atoms with Gasteiger partial charge in [-0.15, -0.1) is 11.8 Å². The first-order valence-electron chi connectivity index (χ1n) is 11.7. The zero-order valence-electron chi connectivity index (χ0n) is 20.4. The van der Waals surface area contributed by atoms with Crippen molar-refractivity contribution in [2.45, 2.75) is 4.90 Å². The molecule has 0 saturated heterocycles. The Kier molecular flexibility index (Phi) is 9.44. The molecule has 4 aromatic rings. The number of rotatable bonds is 9. The van der Waals surface area contributed by atoms with E-state index in [4.69, 9.17) is 11.6 Å². The monoisotopic (exact) mass is 560 g/mol. The second kappa shape index (κ2) is 13.4. The Morgan fingerprint density at radius 3 is 2.36 bits per heavy atom. The standard InChI is InChI=1S/C29H22ClFN4O3S/c30-24-10-5-11-25(31)23(24)17-26(35-28(37)19-6-2-1-3-7-19)29(38)34-21-8-4-9-22(16-21)39-18-27(36)33-20-12-14-32-15-13-20/h1-17H,18H2,(H,34,38)(H,35,37)(H,32,33,36)/b26-17+. The molecule has 0 spiro atoms. The minimum Gasteiger partial charge on any atom is -0.325 e. The number of carbonyl (C=O) groups excluding carboxylic acids is 3. The summed E-state index contributed by atoms with van der Waals surface area (Å²) in [5.74, 6) is -1.93. The summed E-state index contributed by atoms with van der Waals surface area (Å²) in [5, 5.41) is 8.13. The van der Waals surface area contributed by atoms with Gasteiger partial charge in [-0.3, -0.25) is 19.4 Å². The van der Waals surface area contributed by atoms with E-state index in [9.17, 15) is 18.8 Å². The van der Waals surface area contributed by atoms with Crippen molar-refractivity contribution in [2.75, 3.05) is 16.4 Å². The van der Waals surface area contributed by atoms with Gasteiger partial charge in [-0.2, -0.15) is 0 Å². The lowest BCUT2D eigenvalue weighted by atomic mass is 10.1. The van der Waals surface area contributed by atoms with Crippen molar-refractivity contribution in [3.05, 3.63) is 125 Å². The van der Waals surface area contributed by atoms with Crippen molar-refractivity contribution in [2.24, 2.45) is 0 Å². The molecule has 1 aromatic heterocycles. The van der Waals surface area contributed by atoms with Gasteiger partial charge >= 0.3 is 0 Å². The Morgan fingerprint density at radius 2 is 1.62 bits per heavy atom. The molecule has 10 heteroatoms. The first-order chi connectivity index (χ1) is 18.9. The Morgan fingerprint density at radius 1 is 0.872 bits per heavy atom. The molecule has 0 aliphatic carbocycles. The summed E-state index contributed by atoms with van der Waals surface area (Å²) in [6.45, 7) is 0. The topological polar surface area (TPSA) is 100 Å². The van der Waals surface area contributed by atoms with Crippen LogP contribution in [-0.4, -0.2) is 28.5 Å². The third-order valence-corrected chi connectivity index (χ3v) is 6.57. The lowest BCUT2D eigenvalue weighted by molar-refractivity contribution is -0.114. The van der Waals surface area contributed by atoms with Crippen LogP contribution in [0, 0.1) is 5.82 Å². The Labute approximate surface area is 233 Å². The van der Waals surface area contributed by atoms with E-state index in [0.717, 1.165) is 4.90 Å². The molecule has 0 saturated carbocycles. The van der Waals surface area contributed by atoms with Gasteiger partial charge in [0.05, 0.1) is 10.8 Å². The van der Waals surface area contributed by atoms with Crippen molar-refractivity contribution in [1.29, 1.82) is 0 Å². The molecule has 4 rings (SSSR count). The highest BCUT2D eigenvalue weighted by molar-refractivity contribution is 8.00. The van der Waals surface area contributed by atoms with Crippen LogP contribution in [0.2, 0.25) is 5.02 Å². The summed E-state index contributed by atoms with van der Waals surface area (Å²) in [7, 11) is 0. The summed E-state index contributed by atoms with van der Waals surface area (Å²) >= 11 is 7.44. The molecule has 0 bridgehead atoms. The average Bonchev–Trinajstić information content (AvgIpc) is 2.94. The SMILES string of the molecule is O=C(CSc1cccc(NC(=O)/C(=C\c2c(F)cccc2Cl)NC(=O)c2ccccc2)c1)Nc1ccncc1. The third kappa shape index (κ3) is 8.00. The van der Waals surface area contributed by atoms with E-state index in [1.807, 2.05) is 0 Å². The minimum absolute atomic E-state index is 0.0396. The van der Waals surface area contributed by atoms with Gasteiger partial charge in [0.2, 0.25) is 5.91 Å². The average molecular weight is 561 g/mol. The predicted octanol–water partition coefficient (Wildman–Crippen LogP) is 6.01. The molecule has 0 aliphatic rings. The molecule has 196 valence electrons. The van der Waals surface area contributed by atoms with Gasteiger partial charge < -0.3 is 16.0 Å². The second-order valence-corrected chi connectivity index (χ2v) is 9.52.